The highest BCUT2D eigenvalue weighted by Gasteiger charge is 2.55. The van der Waals surface area contributed by atoms with Crippen LogP contribution in [0.4, 0.5) is 4.39 Å². The molecule has 0 aromatic carbocycles. The number of carbonyl (C=O) groups is 1. The maximum absolute atomic E-state index is 13.5. The molecule has 0 aromatic heterocycles. The van der Waals surface area contributed by atoms with Crippen LogP contribution in [0.15, 0.2) is 0 Å². The summed E-state index contributed by atoms with van der Waals surface area (Å²) in [7, 11) is -2.01. The van der Waals surface area contributed by atoms with E-state index in [4.69, 9.17) is 46.4 Å². The quantitative estimate of drug-likeness (QED) is 0.616. The van der Waals surface area contributed by atoms with Gasteiger partial charge >= 0.3 is 5.13 Å². The van der Waals surface area contributed by atoms with Crippen molar-refractivity contribution in [1.29, 1.82) is 0 Å². The second-order valence-electron chi connectivity index (χ2n) is 3.78. The molecule has 2 nitrogen and oxygen atoms in total. The SMILES string of the molecule is C[Si](C)(C)NC(=O)C(F)(Cl)C(Cl)(Cl)Cl. The molecule has 0 saturated carbocycles. The maximum Gasteiger partial charge on any atom is 0.306 e. The van der Waals surface area contributed by atoms with Gasteiger partial charge in [0.2, 0.25) is 3.79 Å². The van der Waals surface area contributed by atoms with Crippen LogP contribution in [0.5, 0.6) is 0 Å². The summed E-state index contributed by atoms with van der Waals surface area (Å²) < 4.78 is 11.0. The van der Waals surface area contributed by atoms with Gasteiger partial charge in [-0.15, -0.1) is 0 Å². The first kappa shape index (κ1) is 14.8. The predicted octanol–water partition coefficient (Wildman–Crippen LogP) is 3.21. The van der Waals surface area contributed by atoms with Crippen LogP contribution in [-0.4, -0.2) is 23.1 Å². The molecule has 84 valence electrons. The molecular formula is C6H10Cl4FNOSi. The first-order valence-electron chi connectivity index (χ1n) is 3.65. The summed E-state index contributed by atoms with van der Waals surface area (Å²) in [4.78, 5) is 13.7. The van der Waals surface area contributed by atoms with E-state index >= 15 is 0 Å². The van der Waals surface area contributed by atoms with E-state index in [1.54, 1.807) is 19.6 Å². The molecule has 0 spiro atoms. The molecule has 0 heterocycles. The molecule has 14 heavy (non-hydrogen) atoms. The number of carbonyl (C=O) groups excluding carboxylic acids is 1. The van der Waals surface area contributed by atoms with Crippen LogP contribution in [0, 0.1) is 0 Å². The van der Waals surface area contributed by atoms with Crippen LogP contribution in [0.1, 0.15) is 0 Å². The highest BCUT2D eigenvalue weighted by Crippen LogP contribution is 2.44. The third-order valence-corrected chi connectivity index (χ3v) is 3.63. The summed E-state index contributed by atoms with van der Waals surface area (Å²) in [6, 6.07) is 0. The normalized spacial score (nSPS) is 17.4. The van der Waals surface area contributed by atoms with Crippen molar-refractivity contribution < 1.29 is 9.18 Å². The Morgan fingerprint density at radius 2 is 1.57 bits per heavy atom. The van der Waals surface area contributed by atoms with Gasteiger partial charge in [-0.1, -0.05) is 66.0 Å². The minimum absolute atomic E-state index is 1.11. The number of hydrogen-bond acceptors (Lipinski definition) is 1. The van der Waals surface area contributed by atoms with Gasteiger partial charge in [0.1, 0.15) is 8.24 Å². The van der Waals surface area contributed by atoms with Crippen molar-refractivity contribution in [1.82, 2.24) is 4.98 Å². The first-order chi connectivity index (χ1) is 5.88. The molecule has 0 rings (SSSR count). The zero-order valence-corrected chi connectivity index (χ0v) is 11.8. The van der Waals surface area contributed by atoms with Crippen molar-refractivity contribution in [3.63, 3.8) is 0 Å². The molecule has 1 unspecified atom stereocenters. The molecule has 1 N–H and O–H groups in total. The van der Waals surface area contributed by atoms with Crippen molar-refractivity contribution in [2.45, 2.75) is 28.6 Å². The molecule has 0 aromatic rings. The number of halogens is 5. The lowest BCUT2D eigenvalue weighted by atomic mass is 10.4. The number of amides is 1. The zero-order chi connectivity index (χ0) is 11.8. The van der Waals surface area contributed by atoms with Gasteiger partial charge in [-0.2, -0.15) is 0 Å². The monoisotopic (exact) mass is 299 g/mol. The van der Waals surface area contributed by atoms with Gasteiger partial charge in [0.15, 0.2) is 0 Å². The molecular weight excluding hydrogens is 291 g/mol. The fraction of sp³-hybridized carbons (Fsp3) is 0.833. The Bertz CT molecular complexity index is 235. The second kappa shape index (κ2) is 4.34. The fourth-order valence-corrected chi connectivity index (χ4v) is 1.79. The van der Waals surface area contributed by atoms with Crippen LogP contribution in [0.25, 0.3) is 0 Å². The Labute approximate surface area is 103 Å². The van der Waals surface area contributed by atoms with Gasteiger partial charge in [0.25, 0.3) is 5.91 Å². The minimum atomic E-state index is -3.04. The molecule has 0 saturated heterocycles. The van der Waals surface area contributed by atoms with E-state index in [0.29, 0.717) is 0 Å². The van der Waals surface area contributed by atoms with Gasteiger partial charge in [-0.25, -0.2) is 4.39 Å². The van der Waals surface area contributed by atoms with Gasteiger partial charge in [-0.05, 0) is 0 Å². The largest absolute Gasteiger partial charge is 0.378 e. The van der Waals surface area contributed by atoms with Gasteiger partial charge in [-0.3, -0.25) is 4.79 Å². The van der Waals surface area contributed by atoms with Crippen LogP contribution >= 0.6 is 46.4 Å². The Balaban J connectivity index is 4.70. The van der Waals surface area contributed by atoms with E-state index in [1.807, 2.05) is 0 Å². The Hall–Kier alpha value is 0.777. The second-order valence-corrected chi connectivity index (χ2v) is 11.3. The molecule has 0 aliphatic heterocycles. The van der Waals surface area contributed by atoms with Crippen molar-refractivity contribution in [2.75, 3.05) is 0 Å². The molecule has 0 radical (unpaired) electrons. The average molecular weight is 301 g/mol. The van der Waals surface area contributed by atoms with Crippen LogP contribution in [0.2, 0.25) is 19.6 Å². The smallest absolute Gasteiger partial charge is 0.306 e. The Morgan fingerprint density at radius 3 is 1.79 bits per heavy atom. The third kappa shape index (κ3) is 4.11. The van der Waals surface area contributed by atoms with Crippen molar-refractivity contribution >= 4 is 60.5 Å². The summed E-state index contributed by atoms with van der Waals surface area (Å²) >= 11 is 20.9. The molecule has 8 heteroatoms. The standard InChI is InChI=1S/C6H10Cl4FNOSi/c1-14(2,3)12-4(13)5(7,11)6(8,9)10/h1-3H3,(H,12,13). The predicted molar refractivity (Wildman–Crippen MR) is 61.5 cm³/mol. The lowest BCUT2D eigenvalue weighted by Crippen LogP contribution is -2.55. The summed E-state index contributed by atoms with van der Waals surface area (Å²) in [5.74, 6) is -1.11. The summed E-state index contributed by atoms with van der Waals surface area (Å²) in [6.07, 6.45) is 0. The lowest BCUT2D eigenvalue weighted by Gasteiger charge is -2.28. The highest BCUT2D eigenvalue weighted by atomic mass is 35.6. The van der Waals surface area contributed by atoms with Crippen LogP contribution < -0.4 is 4.98 Å². The van der Waals surface area contributed by atoms with E-state index in [-0.39, 0.29) is 0 Å². The molecule has 0 aliphatic carbocycles. The zero-order valence-electron chi connectivity index (χ0n) is 7.80. The van der Waals surface area contributed by atoms with Crippen LogP contribution in [-0.2, 0) is 4.79 Å². The van der Waals surface area contributed by atoms with E-state index in [9.17, 15) is 9.18 Å². The Morgan fingerprint density at radius 1 is 1.21 bits per heavy atom. The topological polar surface area (TPSA) is 29.1 Å². The van der Waals surface area contributed by atoms with Gasteiger partial charge < -0.3 is 4.98 Å². The molecule has 0 bridgehead atoms. The summed E-state index contributed by atoms with van der Waals surface area (Å²) in [5.41, 5.74) is 0. The van der Waals surface area contributed by atoms with E-state index in [1.165, 1.54) is 0 Å². The summed E-state index contributed by atoms with van der Waals surface area (Å²) in [5, 5.41) is -3.04. The Kier molecular flexibility index (Phi) is 4.58. The maximum atomic E-state index is 13.5. The molecule has 0 fully saturated rings. The van der Waals surface area contributed by atoms with Gasteiger partial charge in [0, 0.05) is 0 Å². The van der Waals surface area contributed by atoms with Crippen molar-refractivity contribution in [3.05, 3.63) is 0 Å². The van der Waals surface area contributed by atoms with E-state index in [0.717, 1.165) is 0 Å². The fourth-order valence-electron chi connectivity index (χ4n) is 0.548. The van der Waals surface area contributed by atoms with Gasteiger partial charge in [0.05, 0.1) is 0 Å². The lowest BCUT2D eigenvalue weighted by molar-refractivity contribution is -0.126. The number of hydrogen-bond donors (Lipinski definition) is 1. The number of rotatable bonds is 2. The third-order valence-electron chi connectivity index (χ3n) is 1.13. The molecule has 1 atom stereocenters. The minimum Gasteiger partial charge on any atom is -0.378 e. The average Bonchev–Trinajstić information content (AvgIpc) is 1.80. The van der Waals surface area contributed by atoms with E-state index < -0.39 is 23.1 Å². The van der Waals surface area contributed by atoms with E-state index in [2.05, 4.69) is 4.98 Å². The first-order valence-corrected chi connectivity index (χ1v) is 8.66. The summed E-state index contributed by atoms with van der Waals surface area (Å²) in [6.45, 7) is 5.36. The number of nitrogens with one attached hydrogen (secondary N) is 1. The molecule has 0 aliphatic rings. The number of alkyl halides is 5. The van der Waals surface area contributed by atoms with Crippen molar-refractivity contribution in [3.8, 4) is 0 Å². The molecule has 1 amide bonds. The highest BCUT2D eigenvalue weighted by molar-refractivity contribution is 6.77. The van der Waals surface area contributed by atoms with Crippen LogP contribution in [0.3, 0.4) is 0 Å². The van der Waals surface area contributed by atoms with Crippen molar-refractivity contribution in [2.24, 2.45) is 0 Å².